The van der Waals surface area contributed by atoms with Crippen molar-refractivity contribution in [1.82, 2.24) is 25.3 Å². The van der Waals surface area contributed by atoms with Crippen LogP contribution in [0.2, 0.25) is 0 Å². The molecule has 0 bridgehead atoms. The first kappa shape index (κ1) is 14.8. The molecule has 0 amide bonds. The summed E-state index contributed by atoms with van der Waals surface area (Å²) in [6, 6.07) is 4.63. The number of anilines is 2. The molecule has 8 heteroatoms. The Balaban J connectivity index is 1.56. The fourth-order valence-corrected chi connectivity index (χ4v) is 2.57. The van der Waals surface area contributed by atoms with Crippen molar-refractivity contribution in [1.29, 1.82) is 0 Å². The molecule has 8 nitrogen and oxygen atoms in total. The molecule has 3 aromatic heterocycles. The van der Waals surface area contributed by atoms with Crippen molar-refractivity contribution in [2.45, 2.75) is 45.2 Å². The number of fused-ring (bicyclic) bond motifs is 1. The van der Waals surface area contributed by atoms with E-state index in [0.29, 0.717) is 29.0 Å². The molecule has 2 N–H and O–H groups in total. The smallest absolute Gasteiger partial charge is 0.245 e. The largest absolute Gasteiger partial charge is 0.364 e. The summed E-state index contributed by atoms with van der Waals surface area (Å²) in [5, 5.41) is 14.4. The van der Waals surface area contributed by atoms with Crippen LogP contribution in [0, 0.1) is 6.92 Å². The van der Waals surface area contributed by atoms with Gasteiger partial charge >= 0.3 is 0 Å². The molecule has 1 aliphatic carbocycles. The average molecular weight is 325 g/mol. The van der Waals surface area contributed by atoms with Gasteiger partial charge in [-0.05, 0) is 48.6 Å². The lowest BCUT2D eigenvalue weighted by atomic mass is 10.1. The van der Waals surface area contributed by atoms with Gasteiger partial charge in [0.1, 0.15) is 0 Å². The Morgan fingerprint density at radius 2 is 1.96 bits per heavy atom. The molecule has 124 valence electrons. The van der Waals surface area contributed by atoms with Crippen molar-refractivity contribution >= 4 is 22.9 Å². The fraction of sp³-hybridized carbons (Fsp3) is 0.438. The Bertz CT molecular complexity index is 859. The highest BCUT2D eigenvalue weighted by Crippen LogP contribution is 2.28. The normalized spacial score (nSPS) is 15.4. The molecule has 1 atom stereocenters. The van der Waals surface area contributed by atoms with Gasteiger partial charge in [0.15, 0.2) is 11.6 Å². The van der Waals surface area contributed by atoms with E-state index in [0.717, 1.165) is 25.0 Å². The fourth-order valence-electron chi connectivity index (χ4n) is 2.57. The summed E-state index contributed by atoms with van der Waals surface area (Å²) in [4.78, 5) is 13.4. The van der Waals surface area contributed by atoms with Crippen LogP contribution in [0.15, 0.2) is 23.0 Å². The summed E-state index contributed by atoms with van der Waals surface area (Å²) >= 11 is 0. The number of pyridine rings is 1. The predicted octanol–water partition coefficient (Wildman–Crippen LogP) is 2.33. The first-order valence-electron chi connectivity index (χ1n) is 8.13. The van der Waals surface area contributed by atoms with Gasteiger partial charge in [-0.1, -0.05) is 6.07 Å². The van der Waals surface area contributed by atoms with Crippen LogP contribution in [0.4, 0.5) is 11.6 Å². The van der Waals surface area contributed by atoms with E-state index in [2.05, 4.69) is 55.8 Å². The zero-order valence-corrected chi connectivity index (χ0v) is 13.7. The number of rotatable bonds is 6. The zero-order valence-electron chi connectivity index (χ0n) is 13.7. The summed E-state index contributed by atoms with van der Waals surface area (Å²) in [6.45, 7) is 4.17. The SMILES string of the molecule is Cc1cccnc1CC(C)Nc1nc2nonc2nc1NC1CC1. The third-order valence-electron chi connectivity index (χ3n) is 4.03. The third-order valence-corrected chi connectivity index (χ3v) is 4.03. The molecule has 3 heterocycles. The number of hydrogen-bond acceptors (Lipinski definition) is 8. The third kappa shape index (κ3) is 3.12. The quantitative estimate of drug-likeness (QED) is 0.712. The van der Waals surface area contributed by atoms with Gasteiger partial charge in [0.2, 0.25) is 11.3 Å². The van der Waals surface area contributed by atoms with Gasteiger partial charge in [0.05, 0.1) is 0 Å². The molecule has 0 saturated heterocycles. The van der Waals surface area contributed by atoms with Crippen LogP contribution in [0.5, 0.6) is 0 Å². The van der Waals surface area contributed by atoms with Crippen LogP contribution in [0.1, 0.15) is 31.0 Å². The van der Waals surface area contributed by atoms with Crippen molar-refractivity contribution in [3.8, 4) is 0 Å². The summed E-state index contributed by atoms with van der Waals surface area (Å²) in [7, 11) is 0. The van der Waals surface area contributed by atoms with E-state index in [9.17, 15) is 0 Å². The van der Waals surface area contributed by atoms with E-state index in [1.165, 1.54) is 5.56 Å². The van der Waals surface area contributed by atoms with Gasteiger partial charge in [-0.3, -0.25) is 4.98 Å². The highest BCUT2D eigenvalue weighted by atomic mass is 16.6. The Labute approximate surface area is 139 Å². The van der Waals surface area contributed by atoms with Gasteiger partial charge < -0.3 is 10.6 Å². The molecule has 0 aromatic carbocycles. The van der Waals surface area contributed by atoms with Gasteiger partial charge in [0, 0.05) is 30.4 Å². The molecule has 0 radical (unpaired) electrons. The van der Waals surface area contributed by atoms with E-state index in [4.69, 9.17) is 4.63 Å². The van der Waals surface area contributed by atoms with Crippen LogP contribution in [-0.2, 0) is 6.42 Å². The molecule has 4 rings (SSSR count). The number of hydrogen-bond donors (Lipinski definition) is 2. The van der Waals surface area contributed by atoms with Crippen LogP contribution in [0.25, 0.3) is 11.3 Å². The van der Waals surface area contributed by atoms with Crippen molar-refractivity contribution in [3.05, 3.63) is 29.6 Å². The molecular formula is C16H19N7O. The van der Waals surface area contributed by atoms with Gasteiger partial charge in [0.25, 0.3) is 0 Å². The number of nitrogens with zero attached hydrogens (tertiary/aromatic N) is 5. The first-order chi connectivity index (χ1) is 11.7. The molecule has 1 unspecified atom stereocenters. The van der Waals surface area contributed by atoms with Crippen molar-refractivity contribution in [2.75, 3.05) is 10.6 Å². The maximum atomic E-state index is 4.72. The van der Waals surface area contributed by atoms with Gasteiger partial charge in [-0.15, -0.1) is 0 Å². The van der Waals surface area contributed by atoms with E-state index < -0.39 is 0 Å². The lowest BCUT2D eigenvalue weighted by Gasteiger charge is -2.17. The van der Waals surface area contributed by atoms with E-state index in [1.807, 2.05) is 12.3 Å². The van der Waals surface area contributed by atoms with E-state index in [1.54, 1.807) is 0 Å². The Morgan fingerprint density at radius 3 is 2.67 bits per heavy atom. The summed E-state index contributed by atoms with van der Waals surface area (Å²) in [5.41, 5.74) is 3.08. The number of aromatic nitrogens is 5. The number of nitrogens with one attached hydrogen (secondary N) is 2. The number of aryl methyl sites for hydroxylation is 1. The molecule has 1 aliphatic rings. The van der Waals surface area contributed by atoms with Crippen molar-refractivity contribution in [2.24, 2.45) is 0 Å². The molecule has 1 saturated carbocycles. The highest BCUT2D eigenvalue weighted by Gasteiger charge is 2.24. The second-order valence-corrected chi connectivity index (χ2v) is 6.27. The average Bonchev–Trinajstić information content (AvgIpc) is 3.26. The molecule has 0 aliphatic heterocycles. The van der Waals surface area contributed by atoms with Crippen molar-refractivity contribution in [3.63, 3.8) is 0 Å². The molecule has 0 spiro atoms. The predicted molar refractivity (Wildman–Crippen MR) is 89.8 cm³/mol. The summed E-state index contributed by atoms with van der Waals surface area (Å²) < 4.78 is 4.72. The maximum Gasteiger partial charge on any atom is 0.245 e. The molecule has 1 fully saturated rings. The van der Waals surface area contributed by atoms with E-state index >= 15 is 0 Å². The van der Waals surface area contributed by atoms with Crippen LogP contribution < -0.4 is 10.6 Å². The van der Waals surface area contributed by atoms with Gasteiger partial charge in [-0.25, -0.2) is 14.6 Å². The Kier molecular flexibility index (Phi) is 3.72. The van der Waals surface area contributed by atoms with Crippen LogP contribution in [0.3, 0.4) is 0 Å². The minimum absolute atomic E-state index is 0.143. The molecule has 3 aromatic rings. The summed E-state index contributed by atoms with van der Waals surface area (Å²) in [5.74, 6) is 1.37. The van der Waals surface area contributed by atoms with Crippen molar-refractivity contribution < 1.29 is 4.63 Å². The Morgan fingerprint density at radius 1 is 1.21 bits per heavy atom. The topological polar surface area (TPSA) is 102 Å². The van der Waals surface area contributed by atoms with Crippen LogP contribution in [-0.4, -0.2) is 37.3 Å². The monoisotopic (exact) mass is 325 g/mol. The van der Waals surface area contributed by atoms with E-state index in [-0.39, 0.29) is 6.04 Å². The van der Waals surface area contributed by atoms with Crippen LogP contribution >= 0.6 is 0 Å². The lowest BCUT2D eigenvalue weighted by molar-refractivity contribution is 0.314. The van der Waals surface area contributed by atoms with Gasteiger partial charge in [-0.2, -0.15) is 0 Å². The minimum Gasteiger partial charge on any atom is -0.364 e. The minimum atomic E-state index is 0.143. The molecular weight excluding hydrogens is 306 g/mol. The molecule has 24 heavy (non-hydrogen) atoms. The second-order valence-electron chi connectivity index (χ2n) is 6.27. The highest BCUT2D eigenvalue weighted by molar-refractivity contribution is 5.73. The zero-order chi connectivity index (χ0) is 16.5. The standard InChI is InChI=1S/C16H19N7O/c1-9-4-3-7-17-12(9)8-10(2)18-13-14(19-11-5-6-11)21-16-15(20-13)22-24-23-16/h3-4,7,10-11H,5-6,8H2,1-2H3,(H,18,20,22)(H,19,21,23). The second kappa shape index (κ2) is 6.03. The first-order valence-corrected chi connectivity index (χ1v) is 8.13. The maximum absolute atomic E-state index is 4.72. The Hall–Kier alpha value is -2.77. The lowest BCUT2D eigenvalue weighted by Crippen LogP contribution is -2.22. The summed E-state index contributed by atoms with van der Waals surface area (Å²) in [6.07, 6.45) is 4.92.